The quantitative estimate of drug-likeness (QED) is 0.692. The van der Waals surface area contributed by atoms with E-state index >= 15 is 0 Å². The molecule has 0 bridgehead atoms. The van der Waals surface area contributed by atoms with Crippen LogP contribution in [0.2, 0.25) is 0 Å². The molecule has 1 aromatic carbocycles. The van der Waals surface area contributed by atoms with Gasteiger partial charge in [-0.05, 0) is 36.1 Å². The molecule has 0 amide bonds. The van der Waals surface area contributed by atoms with Crippen molar-refractivity contribution >= 4 is 11.9 Å². The SMILES string of the molecule is CC.O=C1/C(=C/c2ccccc2-c2cnc[nH]2)CCc2ccncc21. The van der Waals surface area contributed by atoms with Gasteiger partial charge in [-0.2, -0.15) is 0 Å². The number of allylic oxidation sites excluding steroid dienone is 1. The summed E-state index contributed by atoms with van der Waals surface area (Å²) in [5, 5.41) is 0. The largest absolute Gasteiger partial charge is 0.345 e. The molecule has 3 aromatic rings. The molecule has 2 heterocycles. The maximum absolute atomic E-state index is 12.7. The van der Waals surface area contributed by atoms with E-state index in [0.29, 0.717) is 0 Å². The minimum Gasteiger partial charge on any atom is -0.345 e. The number of carbonyl (C=O) groups excluding carboxylic acids is 1. The van der Waals surface area contributed by atoms with Crippen LogP contribution in [0.5, 0.6) is 0 Å². The van der Waals surface area contributed by atoms with E-state index in [-0.39, 0.29) is 5.78 Å². The Morgan fingerprint density at radius 1 is 1.00 bits per heavy atom. The number of imidazole rings is 1. The third-order valence-electron chi connectivity index (χ3n) is 4.19. The van der Waals surface area contributed by atoms with E-state index in [1.54, 1.807) is 24.9 Å². The van der Waals surface area contributed by atoms with Gasteiger partial charge in [0, 0.05) is 29.1 Å². The number of ketones is 1. The van der Waals surface area contributed by atoms with E-state index in [9.17, 15) is 4.79 Å². The normalized spacial score (nSPS) is 14.6. The summed E-state index contributed by atoms with van der Waals surface area (Å²) in [7, 11) is 0. The molecular weight excluding hydrogens is 310 g/mol. The molecule has 0 unspecified atom stereocenters. The zero-order chi connectivity index (χ0) is 17.6. The predicted molar refractivity (Wildman–Crippen MR) is 100 cm³/mol. The van der Waals surface area contributed by atoms with Crippen LogP contribution in [0, 0.1) is 0 Å². The number of nitrogens with zero attached hydrogens (tertiary/aromatic N) is 2. The molecule has 4 rings (SSSR count). The maximum Gasteiger partial charge on any atom is 0.190 e. The Balaban J connectivity index is 0.000000880. The number of benzene rings is 1. The summed E-state index contributed by atoms with van der Waals surface area (Å²) >= 11 is 0. The molecular formula is C21H21N3O. The fraction of sp³-hybridized carbons (Fsp3) is 0.190. The number of aromatic nitrogens is 3. The topological polar surface area (TPSA) is 58.6 Å². The van der Waals surface area contributed by atoms with Gasteiger partial charge in [0.15, 0.2) is 5.78 Å². The van der Waals surface area contributed by atoms with Gasteiger partial charge in [0.05, 0.1) is 18.2 Å². The van der Waals surface area contributed by atoms with E-state index in [1.165, 1.54) is 0 Å². The Morgan fingerprint density at radius 3 is 2.64 bits per heavy atom. The first kappa shape index (κ1) is 16.8. The minimum atomic E-state index is 0.0822. The van der Waals surface area contributed by atoms with Crippen LogP contribution in [-0.2, 0) is 6.42 Å². The second kappa shape index (κ2) is 7.71. The molecule has 1 N–H and O–H groups in total. The van der Waals surface area contributed by atoms with Crippen LogP contribution < -0.4 is 0 Å². The second-order valence-corrected chi connectivity index (χ2v) is 5.58. The molecule has 126 valence electrons. The Morgan fingerprint density at radius 2 is 1.84 bits per heavy atom. The van der Waals surface area contributed by atoms with Crippen molar-refractivity contribution in [3.8, 4) is 11.3 Å². The van der Waals surface area contributed by atoms with Crippen molar-refractivity contribution in [2.45, 2.75) is 26.7 Å². The van der Waals surface area contributed by atoms with Crippen molar-refractivity contribution < 1.29 is 4.79 Å². The van der Waals surface area contributed by atoms with Crippen LogP contribution in [0.4, 0.5) is 0 Å². The monoisotopic (exact) mass is 331 g/mol. The first-order chi connectivity index (χ1) is 12.3. The van der Waals surface area contributed by atoms with Crippen molar-refractivity contribution in [1.82, 2.24) is 15.0 Å². The van der Waals surface area contributed by atoms with Gasteiger partial charge in [-0.1, -0.05) is 38.1 Å². The molecule has 1 aliphatic rings. The zero-order valence-corrected chi connectivity index (χ0v) is 14.5. The fourth-order valence-electron chi connectivity index (χ4n) is 3.00. The fourth-order valence-corrected chi connectivity index (χ4v) is 3.00. The number of aromatic amines is 1. The Labute approximate surface area is 147 Å². The molecule has 0 fully saturated rings. The van der Waals surface area contributed by atoms with Gasteiger partial charge in [-0.15, -0.1) is 0 Å². The number of hydrogen-bond donors (Lipinski definition) is 1. The lowest BCUT2D eigenvalue weighted by atomic mass is 9.86. The summed E-state index contributed by atoms with van der Waals surface area (Å²) in [6, 6.07) is 9.95. The lowest BCUT2D eigenvalue weighted by Gasteiger charge is -2.17. The number of hydrogen-bond acceptors (Lipinski definition) is 3. The van der Waals surface area contributed by atoms with Crippen LogP contribution in [0.3, 0.4) is 0 Å². The maximum atomic E-state index is 12.7. The van der Waals surface area contributed by atoms with Crippen molar-refractivity contribution in [3.63, 3.8) is 0 Å². The molecule has 0 radical (unpaired) electrons. The number of carbonyl (C=O) groups is 1. The molecule has 0 spiro atoms. The standard InChI is InChI=1S/C19H15N3O.C2H6/c23-19-15(6-5-13-7-8-20-10-17(13)19)9-14-3-1-2-4-16(14)18-11-21-12-22-18;1-2/h1-4,7-12H,5-6H2,(H,21,22);1-2H3/b15-9+;. The number of Topliss-reactive ketones (excluding diaryl/α,β-unsaturated/α-hetero) is 1. The van der Waals surface area contributed by atoms with Gasteiger partial charge >= 0.3 is 0 Å². The van der Waals surface area contributed by atoms with Gasteiger partial charge in [0.2, 0.25) is 0 Å². The number of pyridine rings is 1. The highest BCUT2D eigenvalue weighted by Crippen LogP contribution is 2.29. The van der Waals surface area contributed by atoms with Crippen molar-refractivity contribution in [3.05, 3.63) is 77.5 Å². The summed E-state index contributed by atoms with van der Waals surface area (Å²) < 4.78 is 0. The lowest BCUT2D eigenvalue weighted by molar-refractivity contribution is 0.102. The molecule has 1 aliphatic carbocycles. The Hall–Kier alpha value is -3.01. The summed E-state index contributed by atoms with van der Waals surface area (Å²) in [6.07, 6.45) is 10.5. The van der Waals surface area contributed by atoms with Crippen LogP contribution >= 0.6 is 0 Å². The number of aryl methyl sites for hydroxylation is 1. The molecule has 4 nitrogen and oxygen atoms in total. The Bertz CT molecular complexity index is 895. The molecule has 4 heteroatoms. The summed E-state index contributed by atoms with van der Waals surface area (Å²) in [6.45, 7) is 4.00. The highest BCUT2D eigenvalue weighted by molar-refractivity contribution is 6.13. The second-order valence-electron chi connectivity index (χ2n) is 5.58. The third kappa shape index (κ3) is 3.43. The number of fused-ring (bicyclic) bond motifs is 1. The first-order valence-corrected chi connectivity index (χ1v) is 8.59. The lowest BCUT2D eigenvalue weighted by Crippen LogP contribution is -2.14. The van der Waals surface area contributed by atoms with Crippen molar-refractivity contribution in [2.24, 2.45) is 0 Å². The Kier molecular flexibility index (Phi) is 5.19. The molecule has 0 aliphatic heterocycles. The smallest absolute Gasteiger partial charge is 0.190 e. The van der Waals surface area contributed by atoms with Gasteiger partial charge < -0.3 is 4.98 Å². The highest BCUT2D eigenvalue weighted by atomic mass is 16.1. The van der Waals surface area contributed by atoms with Crippen molar-refractivity contribution in [2.75, 3.05) is 0 Å². The zero-order valence-electron chi connectivity index (χ0n) is 14.5. The van der Waals surface area contributed by atoms with Crippen LogP contribution in [0.25, 0.3) is 17.3 Å². The number of H-pyrrole nitrogens is 1. The molecule has 2 aromatic heterocycles. The van der Waals surface area contributed by atoms with Crippen LogP contribution in [0.1, 0.15) is 41.8 Å². The van der Waals surface area contributed by atoms with E-state index in [1.807, 2.05) is 50.3 Å². The average Bonchev–Trinajstić information content (AvgIpc) is 3.21. The van der Waals surface area contributed by atoms with E-state index in [0.717, 1.165) is 46.4 Å². The van der Waals surface area contributed by atoms with Gasteiger partial charge in [-0.3, -0.25) is 9.78 Å². The number of nitrogens with one attached hydrogen (secondary N) is 1. The van der Waals surface area contributed by atoms with Crippen LogP contribution in [-0.4, -0.2) is 20.7 Å². The molecule has 0 atom stereocenters. The van der Waals surface area contributed by atoms with E-state index in [4.69, 9.17) is 0 Å². The van der Waals surface area contributed by atoms with E-state index < -0.39 is 0 Å². The average molecular weight is 331 g/mol. The summed E-state index contributed by atoms with van der Waals surface area (Å²) in [5.74, 6) is 0.0822. The predicted octanol–water partition coefficient (Wildman–Crippen LogP) is 4.71. The third-order valence-corrected chi connectivity index (χ3v) is 4.19. The first-order valence-electron chi connectivity index (χ1n) is 8.59. The van der Waals surface area contributed by atoms with Gasteiger partial charge in [0.25, 0.3) is 0 Å². The minimum absolute atomic E-state index is 0.0822. The van der Waals surface area contributed by atoms with Crippen LogP contribution in [0.15, 0.2) is 60.8 Å². The summed E-state index contributed by atoms with van der Waals surface area (Å²) in [5.41, 5.74) is 5.66. The molecule has 25 heavy (non-hydrogen) atoms. The van der Waals surface area contributed by atoms with E-state index in [2.05, 4.69) is 15.0 Å². The molecule has 0 saturated heterocycles. The summed E-state index contributed by atoms with van der Waals surface area (Å²) in [4.78, 5) is 24.0. The number of rotatable bonds is 2. The highest BCUT2D eigenvalue weighted by Gasteiger charge is 2.22. The van der Waals surface area contributed by atoms with Crippen molar-refractivity contribution in [1.29, 1.82) is 0 Å². The van der Waals surface area contributed by atoms with Gasteiger partial charge in [0.1, 0.15) is 0 Å². The molecule has 0 saturated carbocycles. The van der Waals surface area contributed by atoms with Gasteiger partial charge in [-0.25, -0.2) is 4.98 Å².